The Balaban J connectivity index is 1.78. The van der Waals surface area contributed by atoms with Gasteiger partial charge in [0.15, 0.2) is 0 Å². The van der Waals surface area contributed by atoms with E-state index >= 15 is 0 Å². The van der Waals surface area contributed by atoms with Crippen LogP contribution < -0.4 is 19.5 Å². The van der Waals surface area contributed by atoms with Crippen molar-refractivity contribution in [3.05, 3.63) is 48.0 Å². The molecule has 2 N–H and O–H groups in total. The van der Waals surface area contributed by atoms with Crippen LogP contribution in [0.15, 0.2) is 47.4 Å². The first-order valence-electron chi connectivity index (χ1n) is 9.04. The lowest BCUT2D eigenvalue weighted by atomic mass is 10.1. The van der Waals surface area contributed by atoms with Crippen LogP contribution in [0.25, 0.3) is 0 Å². The Hall–Kier alpha value is -2.25. The Kier molecular flexibility index (Phi) is 5.92. The molecule has 0 spiro atoms. The number of rotatable bonds is 6. The van der Waals surface area contributed by atoms with Crippen molar-refractivity contribution in [3.8, 4) is 11.5 Å². The van der Waals surface area contributed by atoms with Crippen molar-refractivity contribution in [2.45, 2.75) is 37.8 Å². The van der Waals surface area contributed by atoms with Crippen LogP contribution in [0.3, 0.4) is 0 Å². The Morgan fingerprint density at radius 3 is 2.78 bits per heavy atom. The third kappa shape index (κ3) is 4.73. The maximum Gasteiger partial charge on any atom is 0.244 e. The smallest absolute Gasteiger partial charge is 0.244 e. The van der Waals surface area contributed by atoms with Gasteiger partial charge in [0.05, 0.1) is 13.2 Å². The second-order valence-corrected chi connectivity index (χ2v) is 8.77. The lowest BCUT2D eigenvalue weighted by molar-refractivity contribution is 0.262. The van der Waals surface area contributed by atoms with E-state index < -0.39 is 10.0 Å². The monoisotopic (exact) mass is 390 g/mol. The minimum atomic E-state index is -3.59. The van der Waals surface area contributed by atoms with Crippen molar-refractivity contribution in [2.75, 3.05) is 19.0 Å². The van der Waals surface area contributed by atoms with Gasteiger partial charge in [-0.25, -0.2) is 13.1 Å². The zero-order valence-corrected chi connectivity index (χ0v) is 16.7. The predicted octanol–water partition coefficient (Wildman–Crippen LogP) is 3.39. The molecular formula is C20H26N2O4S. The van der Waals surface area contributed by atoms with Gasteiger partial charge in [0, 0.05) is 23.9 Å². The van der Waals surface area contributed by atoms with E-state index in [2.05, 4.69) is 23.9 Å². The molecule has 1 atom stereocenters. The second kappa shape index (κ2) is 8.19. The Morgan fingerprint density at radius 1 is 1.26 bits per heavy atom. The molecule has 7 heteroatoms. The first-order valence-corrected chi connectivity index (χ1v) is 10.5. The van der Waals surface area contributed by atoms with Crippen molar-refractivity contribution in [2.24, 2.45) is 5.92 Å². The summed E-state index contributed by atoms with van der Waals surface area (Å²) in [6, 6.07) is 12.6. The molecule has 0 radical (unpaired) electrons. The molecular weight excluding hydrogens is 364 g/mol. The summed E-state index contributed by atoms with van der Waals surface area (Å²) in [5.41, 5.74) is 1.80. The largest absolute Gasteiger partial charge is 0.496 e. The molecule has 0 fully saturated rings. The first kappa shape index (κ1) is 19.5. The second-order valence-electron chi connectivity index (χ2n) is 7.09. The fourth-order valence-corrected chi connectivity index (χ4v) is 4.55. The van der Waals surface area contributed by atoms with E-state index in [-0.39, 0.29) is 10.9 Å². The molecule has 146 valence electrons. The predicted molar refractivity (Wildman–Crippen MR) is 106 cm³/mol. The zero-order chi connectivity index (χ0) is 19.4. The third-order valence-corrected chi connectivity index (χ3v) is 5.99. The lowest BCUT2D eigenvalue weighted by Crippen LogP contribution is -2.37. The molecule has 2 aromatic rings. The highest BCUT2D eigenvalue weighted by atomic mass is 32.2. The highest BCUT2D eigenvalue weighted by Gasteiger charge is 2.28. The molecule has 0 bridgehead atoms. The number of anilines is 1. The number of nitrogens with one attached hydrogen (secondary N) is 2. The fourth-order valence-electron chi connectivity index (χ4n) is 3.19. The number of benzene rings is 2. The molecule has 2 aromatic carbocycles. The normalized spacial score (nSPS) is 18.3. The van der Waals surface area contributed by atoms with Gasteiger partial charge in [0.2, 0.25) is 10.0 Å². The molecule has 1 aliphatic heterocycles. The molecule has 1 heterocycles. The zero-order valence-electron chi connectivity index (χ0n) is 15.9. The van der Waals surface area contributed by atoms with Gasteiger partial charge in [-0.2, -0.15) is 0 Å². The number of methoxy groups -OCH3 is 1. The Labute approximate surface area is 160 Å². The van der Waals surface area contributed by atoms with Crippen molar-refractivity contribution >= 4 is 15.7 Å². The molecule has 0 amide bonds. The third-order valence-electron chi connectivity index (χ3n) is 4.43. The van der Waals surface area contributed by atoms with Gasteiger partial charge in [-0.1, -0.05) is 32.0 Å². The first-order chi connectivity index (χ1) is 12.9. The van der Waals surface area contributed by atoms with Gasteiger partial charge in [-0.05, 0) is 30.5 Å². The molecule has 0 unspecified atom stereocenters. The lowest BCUT2D eigenvalue weighted by Gasteiger charge is -2.16. The number of para-hydroxylation sites is 1. The summed E-state index contributed by atoms with van der Waals surface area (Å²) in [4.78, 5) is 0.177. The van der Waals surface area contributed by atoms with Gasteiger partial charge in [-0.3, -0.25) is 0 Å². The van der Waals surface area contributed by atoms with Gasteiger partial charge in [0.1, 0.15) is 23.0 Å². The highest BCUT2D eigenvalue weighted by molar-refractivity contribution is 7.89. The Bertz CT molecular complexity index is 897. The summed E-state index contributed by atoms with van der Waals surface area (Å²) < 4.78 is 39.2. The SMILES string of the molecule is COc1ccccc1CNc1ccc2c(c1)OC[C@H](CC(C)C)NS2(=O)=O. The van der Waals surface area contributed by atoms with E-state index in [4.69, 9.17) is 9.47 Å². The van der Waals surface area contributed by atoms with Crippen LogP contribution >= 0.6 is 0 Å². The van der Waals surface area contributed by atoms with E-state index in [1.54, 1.807) is 25.3 Å². The molecule has 0 aliphatic carbocycles. The van der Waals surface area contributed by atoms with E-state index in [1.807, 2.05) is 24.3 Å². The maximum atomic E-state index is 12.6. The minimum absolute atomic E-state index is 0.177. The number of ether oxygens (including phenoxy) is 2. The summed E-state index contributed by atoms with van der Waals surface area (Å²) in [6.07, 6.45) is 0.728. The molecule has 6 nitrogen and oxygen atoms in total. The minimum Gasteiger partial charge on any atom is -0.496 e. The van der Waals surface area contributed by atoms with E-state index in [9.17, 15) is 8.42 Å². The topological polar surface area (TPSA) is 76.7 Å². The fraction of sp³-hybridized carbons (Fsp3) is 0.400. The standard InChI is InChI=1S/C20H26N2O4S/c1-14(2)10-17-13-26-19-11-16(8-9-20(19)27(23,24)22-17)21-12-15-6-4-5-7-18(15)25-3/h4-9,11,14,17,21-22H,10,12-13H2,1-3H3/t17-/m0/s1. The van der Waals surface area contributed by atoms with E-state index in [1.165, 1.54) is 0 Å². The Morgan fingerprint density at radius 2 is 2.04 bits per heavy atom. The van der Waals surface area contributed by atoms with Crippen LogP contribution in [-0.4, -0.2) is 28.2 Å². The number of hydrogen-bond acceptors (Lipinski definition) is 5. The van der Waals surface area contributed by atoms with Crippen LogP contribution in [0.4, 0.5) is 5.69 Å². The van der Waals surface area contributed by atoms with Gasteiger partial charge < -0.3 is 14.8 Å². The molecule has 0 aromatic heterocycles. The van der Waals surface area contributed by atoms with Gasteiger partial charge >= 0.3 is 0 Å². The average Bonchev–Trinajstić information content (AvgIpc) is 2.75. The summed E-state index contributed by atoms with van der Waals surface area (Å²) >= 11 is 0. The quantitative estimate of drug-likeness (QED) is 0.791. The number of hydrogen-bond donors (Lipinski definition) is 2. The van der Waals surface area contributed by atoms with Crippen molar-refractivity contribution in [3.63, 3.8) is 0 Å². The molecule has 0 saturated heterocycles. The van der Waals surface area contributed by atoms with Crippen molar-refractivity contribution in [1.29, 1.82) is 0 Å². The summed E-state index contributed by atoms with van der Waals surface area (Å²) in [5, 5.41) is 3.30. The van der Waals surface area contributed by atoms with E-state index in [0.717, 1.165) is 23.4 Å². The van der Waals surface area contributed by atoms with Crippen LogP contribution in [0.2, 0.25) is 0 Å². The van der Waals surface area contributed by atoms with Crippen LogP contribution in [0, 0.1) is 5.92 Å². The van der Waals surface area contributed by atoms with E-state index in [0.29, 0.717) is 24.8 Å². The average molecular weight is 391 g/mol. The highest BCUT2D eigenvalue weighted by Crippen LogP contribution is 2.31. The summed E-state index contributed by atoms with van der Waals surface area (Å²) in [7, 11) is -1.95. The molecule has 0 saturated carbocycles. The van der Waals surface area contributed by atoms with Crippen molar-refractivity contribution in [1.82, 2.24) is 4.72 Å². The summed E-state index contributed by atoms with van der Waals surface area (Å²) in [6.45, 7) is 5.00. The van der Waals surface area contributed by atoms with Crippen molar-refractivity contribution < 1.29 is 17.9 Å². The van der Waals surface area contributed by atoms with Crippen LogP contribution in [0.1, 0.15) is 25.8 Å². The van der Waals surface area contributed by atoms with Crippen LogP contribution in [-0.2, 0) is 16.6 Å². The molecule has 27 heavy (non-hydrogen) atoms. The summed E-state index contributed by atoms with van der Waals surface area (Å²) in [5.74, 6) is 1.55. The molecule has 3 rings (SSSR count). The van der Waals surface area contributed by atoms with Gasteiger partial charge in [0.25, 0.3) is 0 Å². The number of sulfonamides is 1. The van der Waals surface area contributed by atoms with Crippen LogP contribution in [0.5, 0.6) is 11.5 Å². The number of fused-ring (bicyclic) bond motifs is 1. The molecule has 1 aliphatic rings. The maximum absolute atomic E-state index is 12.6. The van der Waals surface area contributed by atoms with Gasteiger partial charge in [-0.15, -0.1) is 0 Å².